The van der Waals surface area contributed by atoms with Crippen LogP contribution in [0.2, 0.25) is 0 Å². The van der Waals surface area contributed by atoms with E-state index >= 15 is 0 Å². The maximum Gasteiger partial charge on any atom is 0.207 e. The van der Waals surface area contributed by atoms with E-state index in [0.29, 0.717) is 6.61 Å². The minimum absolute atomic E-state index is 0.207. The minimum atomic E-state index is 0.207. The summed E-state index contributed by atoms with van der Waals surface area (Å²) >= 11 is 0. The van der Waals surface area contributed by atoms with E-state index in [-0.39, 0.29) is 6.04 Å². The van der Waals surface area contributed by atoms with Gasteiger partial charge in [-0.1, -0.05) is 0 Å². The lowest BCUT2D eigenvalue weighted by Crippen LogP contribution is -2.22. The molecule has 2 aromatic rings. The van der Waals surface area contributed by atoms with Gasteiger partial charge in [0.15, 0.2) is 0 Å². The molecule has 0 saturated carbocycles. The number of aromatic nitrogens is 4. The molecule has 2 aromatic heterocycles. The molecule has 2 heterocycles. The first-order valence-electron chi connectivity index (χ1n) is 5.09. The lowest BCUT2D eigenvalue weighted by Gasteiger charge is -2.14. The van der Waals surface area contributed by atoms with E-state index in [4.69, 9.17) is 4.74 Å². The number of methoxy groups -OCH3 is 1. The number of H-pyrrole nitrogens is 1. The van der Waals surface area contributed by atoms with Gasteiger partial charge < -0.3 is 10.1 Å². The Labute approximate surface area is 93.6 Å². The van der Waals surface area contributed by atoms with Crippen LogP contribution in [0.5, 0.6) is 0 Å². The first-order chi connectivity index (χ1) is 7.81. The molecule has 2 N–H and O–H groups in total. The summed E-state index contributed by atoms with van der Waals surface area (Å²) in [5.74, 6) is 0.783. The topological polar surface area (TPSA) is 67.8 Å². The number of nitrogens with one attached hydrogen (secondary N) is 2. The number of hydrogen-bond acceptors (Lipinski definition) is 4. The zero-order valence-corrected chi connectivity index (χ0v) is 9.34. The standard InChI is InChI=1S/C10H15N5O/c1-8(7-16-2)14-10-11-3-4-15(10)9-5-12-13-6-9/h3-6,8H,7H2,1-2H3,(H,11,14)(H,12,13). The maximum absolute atomic E-state index is 5.06. The maximum atomic E-state index is 5.06. The van der Waals surface area contributed by atoms with Gasteiger partial charge in [0.05, 0.1) is 18.5 Å². The molecule has 0 aliphatic rings. The van der Waals surface area contributed by atoms with Crippen LogP contribution in [0.25, 0.3) is 5.69 Å². The number of rotatable bonds is 5. The summed E-state index contributed by atoms with van der Waals surface area (Å²) in [5.41, 5.74) is 0.949. The Kier molecular flexibility index (Phi) is 3.21. The third-order valence-electron chi connectivity index (χ3n) is 2.19. The molecular weight excluding hydrogens is 206 g/mol. The van der Waals surface area contributed by atoms with Crippen LogP contribution in [0.4, 0.5) is 5.95 Å². The fourth-order valence-corrected chi connectivity index (χ4v) is 1.51. The molecule has 1 unspecified atom stereocenters. The van der Waals surface area contributed by atoms with E-state index in [0.717, 1.165) is 11.6 Å². The van der Waals surface area contributed by atoms with Crippen molar-refractivity contribution in [1.82, 2.24) is 19.7 Å². The lowest BCUT2D eigenvalue weighted by atomic mass is 10.4. The molecule has 86 valence electrons. The summed E-state index contributed by atoms with van der Waals surface area (Å²) in [6.45, 7) is 2.68. The minimum Gasteiger partial charge on any atom is -0.383 e. The highest BCUT2D eigenvalue weighted by Crippen LogP contribution is 2.13. The van der Waals surface area contributed by atoms with Gasteiger partial charge in [0.1, 0.15) is 0 Å². The van der Waals surface area contributed by atoms with Crippen LogP contribution in [0, 0.1) is 0 Å². The molecule has 0 radical (unpaired) electrons. The van der Waals surface area contributed by atoms with Gasteiger partial charge in [0, 0.05) is 31.7 Å². The Morgan fingerprint density at radius 2 is 2.50 bits per heavy atom. The fourth-order valence-electron chi connectivity index (χ4n) is 1.51. The molecule has 6 nitrogen and oxygen atoms in total. The molecule has 0 aromatic carbocycles. The van der Waals surface area contributed by atoms with Crippen molar-refractivity contribution < 1.29 is 4.74 Å². The SMILES string of the molecule is COCC(C)Nc1nccn1-c1cn[nH]c1. The van der Waals surface area contributed by atoms with Crippen LogP contribution in [-0.4, -0.2) is 39.5 Å². The van der Waals surface area contributed by atoms with Crippen molar-refractivity contribution in [3.05, 3.63) is 24.8 Å². The van der Waals surface area contributed by atoms with E-state index in [2.05, 4.69) is 20.5 Å². The predicted molar refractivity (Wildman–Crippen MR) is 60.7 cm³/mol. The number of ether oxygens (including phenoxy) is 1. The average molecular weight is 221 g/mol. The van der Waals surface area contributed by atoms with Crippen LogP contribution >= 0.6 is 0 Å². The molecule has 0 aliphatic heterocycles. The number of aromatic amines is 1. The van der Waals surface area contributed by atoms with Crippen LogP contribution < -0.4 is 5.32 Å². The normalized spacial score (nSPS) is 12.6. The summed E-state index contributed by atoms with van der Waals surface area (Å²) in [6, 6.07) is 0.207. The largest absolute Gasteiger partial charge is 0.383 e. The Morgan fingerprint density at radius 1 is 1.62 bits per heavy atom. The third-order valence-corrected chi connectivity index (χ3v) is 2.19. The monoisotopic (exact) mass is 221 g/mol. The van der Waals surface area contributed by atoms with Gasteiger partial charge in [-0.05, 0) is 6.92 Å². The Morgan fingerprint density at radius 3 is 3.19 bits per heavy atom. The van der Waals surface area contributed by atoms with Crippen molar-refractivity contribution in [3.8, 4) is 5.69 Å². The van der Waals surface area contributed by atoms with Gasteiger partial charge in [-0.25, -0.2) is 4.98 Å². The highest BCUT2D eigenvalue weighted by molar-refractivity contribution is 5.39. The van der Waals surface area contributed by atoms with Crippen molar-refractivity contribution in [2.45, 2.75) is 13.0 Å². The number of nitrogens with zero attached hydrogens (tertiary/aromatic N) is 3. The van der Waals surface area contributed by atoms with Crippen LogP contribution in [0.15, 0.2) is 24.8 Å². The van der Waals surface area contributed by atoms with Crippen molar-refractivity contribution in [2.75, 3.05) is 19.0 Å². The molecule has 2 rings (SSSR count). The van der Waals surface area contributed by atoms with Crippen molar-refractivity contribution >= 4 is 5.95 Å². The van der Waals surface area contributed by atoms with E-state index < -0.39 is 0 Å². The van der Waals surface area contributed by atoms with Gasteiger partial charge in [0.25, 0.3) is 0 Å². The van der Waals surface area contributed by atoms with Crippen LogP contribution in [0.3, 0.4) is 0 Å². The summed E-state index contributed by atoms with van der Waals surface area (Å²) in [7, 11) is 1.68. The third kappa shape index (κ3) is 2.22. The summed E-state index contributed by atoms with van der Waals surface area (Å²) in [4.78, 5) is 4.25. The van der Waals surface area contributed by atoms with Crippen molar-refractivity contribution in [3.63, 3.8) is 0 Å². The van der Waals surface area contributed by atoms with Crippen LogP contribution in [0.1, 0.15) is 6.92 Å². The van der Waals surface area contributed by atoms with Gasteiger partial charge in [0.2, 0.25) is 5.95 Å². The van der Waals surface area contributed by atoms with E-state index in [1.807, 2.05) is 23.9 Å². The van der Waals surface area contributed by atoms with Gasteiger partial charge in [-0.3, -0.25) is 9.67 Å². The lowest BCUT2D eigenvalue weighted by molar-refractivity contribution is 0.190. The second-order valence-corrected chi connectivity index (χ2v) is 3.58. The summed E-state index contributed by atoms with van der Waals surface area (Å²) < 4.78 is 6.99. The molecule has 1 atom stereocenters. The molecule has 16 heavy (non-hydrogen) atoms. The molecule has 0 fully saturated rings. The fraction of sp³-hybridized carbons (Fsp3) is 0.400. The van der Waals surface area contributed by atoms with Gasteiger partial charge in [-0.15, -0.1) is 0 Å². The smallest absolute Gasteiger partial charge is 0.207 e. The molecule has 6 heteroatoms. The molecule has 0 amide bonds. The molecule has 0 spiro atoms. The van der Waals surface area contributed by atoms with E-state index in [9.17, 15) is 0 Å². The van der Waals surface area contributed by atoms with Crippen LogP contribution in [-0.2, 0) is 4.74 Å². The van der Waals surface area contributed by atoms with E-state index in [1.165, 1.54) is 0 Å². The number of hydrogen-bond donors (Lipinski definition) is 2. The highest BCUT2D eigenvalue weighted by atomic mass is 16.5. The summed E-state index contributed by atoms with van der Waals surface area (Å²) in [5, 5.41) is 9.95. The second kappa shape index (κ2) is 4.80. The average Bonchev–Trinajstić information content (AvgIpc) is 2.86. The van der Waals surface area contributed by atoms with Gasteiger partial charge in [-0.2, -0.15) is 5.10 Å². The zero-order chi connectivity index (χ0) is 11.4. The molecule has 0 saturated heterocycles. The Hall–Kier alpha value is -1.82. The zero-order valence-electron chi connectivity index (χ0n) is 9.34. The van der Waals surface area contributed by atoms with Gasteiger partial charge >= 0.3 is 0 Å². The second-order valence-electron chi connectivity index (χ2n) is 3.58. The van der Waals surface area contributed by atoms with Crippen molar-refractivity contribution in [1.29, 1.82) is 0 Å². The highest BCUT2D eigenvalue weighted by Gasteiger charge is 2.08. The first-order valence-corrected chi connectivity index (χ1v) is 5.09. The quantitative estimate of drug-likeness (QED) is 0.791. The number of imidazole rings is 1. The van der Waals surface area contributed by atoms with Crippen molar-refractivity contribution in [2.24, 2.45) is 0 Å². The summed E-state index contributed by atoms with van der Waals surface area (Å²) in [6.07, 6.45) is 7.18. The molecule has 0 bridgehead atoms. The molecule has 0 aliphatic carbocycles. The van der Waals surface area contributed by atoms with E-state index in [1.54, 1.807) is 19.5 Å². The number of anilines is 1. The first kappa shape index (κ1) is 10.7. The molecular formula is C10H15N5O. The predicted octanol–water partition coefficient (Wildman–Crippen LogP) is 1.04. The Balaban J connectivity index is 2.14. The Bertz CT molecular complexity index is 422.